The number of nitrogens with two attached hydrogens (primary N) is 1. The molecule has 0 aromatic heterocycles. The number of fused-ring (bicyclic) bond motifs is 1. The summed E-state index contributed by atoms with van der Waals surface area (Å²) in [6.07, 6.45) is 2.05. The average molecular weight is 397 g/mol. The van der Waals surface area contributed by atoms with Crippen LogP contribution in [-0.4, -0.2) is 46.4 Å². The lowest BCUT2D eigenvalue weighted by atomic mass is 9.98. The third-order valence-electron chi connectivity index (χ3n) is 5.11. The Morgan fingerprint density at radius 1 is 1.28 bits per heavy atom. The van der Waals surface area contributed by atoms with Crippen molar-refractivity contribution in [3.8, 4) is 5.75 Å². The van der Waals surface area contributed by atoms with Crippen LogP contribution >= 0.6 is 0 Å². The lowest BCUT2D eigenvalue weighted by Gasteiger charge is -2.29. The monoisotopic (exact) mass is 397 g/mol. The molecule has 0 bridgehead atoms. The zero-order valence-corrected chi connectivity index (χ0v) is 16.6. The number of hydrogen-bond donors (Lipinski definition) is 2. The molecule has 0 spiro atoms. The first-order chi connectivity index (χ1) is 14.0. The second-order valence-electron chi connectivity index (χ2n) is 7.11. The number of urea groups is 1. The van der Waals surface area contributed by atoms with Gasteiger partial charge in [-0.05, 0) is 42.5 Å². The second-order valence-corrected chi connectivity index (χ2v) is 7.11. The molecule has 0 saturated carbocycles. The van der Waals surface area contributed by atoms with Crippen LogP contribution in [0, 0.1) is 0 Å². The normalized spacial score (nSPS) is 14.3. The predicted molar refractivity (Wildman–Crippen MR) is 109 cm³/mol. The van der Waals surface area contributed by atoms with E-state index in [4.69, 9.17) is 10.5 Å². The van der Waals surface area contributed by atoms with Gasteiger partial charge in [0.1, 0.15) is 5.75 Å². The van der Waals surface area contributed by atoms with Gasteiger partial charge in [0.05, 0.1) is 0 Å². The van der Waals surface area contributed by atoms with Crippen LogP contribution in [-0.2, 0) is 12.8 Å². The quantitative estimate of drug-likeness (QED) is 0.406. The highest BCUT2D eigenvalue weighted by atomic mass is 16.6. The lowest BCUT2D eigenvalue weighted by molar-refractivity contribution is -0.140. The number of carbonyl (C=O) groups is 2. The molecule has 2 aromatic carbocycles. The maximum atomic E-state index is 12.9. The molecule has 1 atom stereocenters. The van der Waals surface area contributed by atoms with Gasteiger partial charge in [0, 0.05) is 25.1 Å². The number of carbonyl (C=O) groups excluding carboxylic acids is 2. The van der Waals surface area contributed by atoms with Crippen molar-refractivity contribution in [2.45, 2.75) is 38.8 Å². The number of rotatable bonds is 8. The molecule has 7 nitrogen and oxygen atoms in total. The zero-order valence-electron chi connectivity index (χ0n) is 16.6. The van der Waals surface area contributed by atoms with Crippen LogP contribution in [0.15, 0.2) is 48.5 Å². The van der Waals surface area contributed by atoms with E-state index in [1.807, 2.05) is 29.2 Å². The lowest BCUT2D eigenvalue weighted by Crippen LogP contribution is -2.44. The van der Waals surface area contributed by atoms with Gasteiger partial charge in [-0.25, -0.2) is 4.79 Å². The van der Waals surface area contributed by atoms with Gasteiger partial charge >= 0.3 is 6.03 Å². The Labute approximate surface area is 170 Å². The summed E-state index contributed by atoms with van der Waals surface area (Å²) in [7, 11) is 0. The Hall–Kier alpha value is -3.06. The molecule has 1 heterocycles. The molecule has 0 aliphatic carbocycles. The highest BCUT2D eigenvalue weighted by Gasteiger charge is 2.26. The first kappa shape index (κ1) is 20.7. The van der Waals surface area contributed by atoms with Gasteiger partial charge in [-0.3, -0.25) is 10.0 Å². The minimum absolute atomic E-state index is 0.0198. The van der Waals surface area contributed by atoms with Crippen LogP contribution in [0.2, 0.25) is 0 Å². The fraction of sp³-hybridized carbons (Fsp3) is 0.364. The summed E-state index contributed by atoms with van der Waals surface area (Å²) < 4.78 is 5.68. The molecule has 0 radical (unpaired) electrons. The molecule has 3 amide bonds. The molecule has 29 heavy (non-hydrogen) atoms. The van der Waals surface area contributed by atoms with E-state index in [1.54, 1.807) is 19.1 Å². The fourth-order valence-corrected chi connectivity index (χ4v) is 3.51. The Bertz CT molecular complexity index is 856. The Morgan fingerprint density at radius 2 is 2.03 bits per heavy atom. The summed E-state index contributed by atoms with van der Waals surface area (Å²) in [5, 5.41) is 10.1. The number of benzene rings is 2. The minimum atomic E-state index is -0.990. The number of amides is 3. The van der Waals surface area contributed by atoms with Crippen LogP contribution in [0.5, 0.6) is 5.75 Å². The molecule has 2 aromatic rings. The van der Waals surface area contributed by atoms with Crippen LogP contribution in [0.4, 0.5) is 4.79 Å². The Kier molecular flexibility index (Phi) is 6.72. The first-order valence-electron chi connectivity index (χ1n) is 9.90. The summed E-state index contributed by atoms with van der Waals surface area (Å²) in [5.74, 6) is 0.393. The summed E-state index contributed by atoms with van der Waals surface area (Å²) in [6, 6.07) is 14.5. The van der Waals surface area contributed by atoms with E-state index in [0.717, 1.165) is 24.8 Å². The van der Waals surface area contributed by atoms with E-state index in [9.17, 15) is 14.8 Å². The topological polar surface area (TPSA) is 96.1 Å². The standard InChI is InChI=1S/C22H27N3O4/c1-2-20(25(28)22(23)27)29-18-11-10-17-12-14-24(21(26)19(17)15-18)13-6-9-16-7-4-3-5-8-16/h3-5,7-8,10-11,15,20,28H,2,6,9,12-14H2,1H3,(H2,23,27). The number of primary amides is 1. The largest absolute Gasteiger partial charge is 0.468 e. The molecular formula is C22H27N3O4. The van der Waals surface area contributed by atoms with Crippen molar-refractivity contribution in [1.82, 2.24) is 9.96 Å². The molecule has 1 aliphatic rings. The molecule has 1 unspecified atom stereocenters. The van der Waals surface area contributed by atoms with Gasteiger partial charge in [0.15, 0.2) is 6.23 Å². The van der Waals surface area contributed by atoms with E-state index >= 15 is 0 Å². The summed E-state index contributed by atoms with van der Waals surface area (Å²) in [6.45, 7) is 3.15. The molecule has 3 rings (SSSR count). The van der Waals surface area contributed by atoms with Gasteiger partial charge in [-0.2, -0.15) is 5.06 Å². The van der Waals surface area contributed by atoms with Crippen molar-refractivity contribution in [2.24, 2.45) is 5.73 Å². The SMILES string of the molecule is CCC(Oc1ccc2c(c1)C(=O)N(CCCc1ccccc1)CC2)N(O)C(N)=O. The average Bonchev–Trinajstić information content (AvgIpc) is 2.74. The van der Waals surface area contributed by atoms with Crippen molar-refractivity contribution in [1.29, 1.82) is 0 Å². The van der Waals surface area contributed by atoms with Crippen molar-refractivity contribution in [3.63, 3.8) is 0 Å². The number of hydroxylamine groups is 2. The van der Waals surface area contributed by atoms with Gasteiger partial charge in [0.25, 0.3) is 5.91 Å². The van der Waals surface area contributed by atoms with Crippen molar-refractivity contribution >= 4 is 11.9 Å². The third-order valence-corrected chi connectivity index (χ3v) is 5.11. The zero-order chi connectivity index (χ0) is 20.8. The van der Waals surface area contributed by atoms with Crippen molar-refractivity contribution in [2.75, 3.05) is 13.1 Å². The molecule has 154 valence electrons. The number of ether oxygens (including phenoxy) is 1. The maximum absolute atomic E-state index is 12.9. The highest BCUT2D eigenvalue weighted by Crippen LogP contribution is 2.25. The predicted octanol–water partition coefficient (Wildman–Crippen LogP) is 3.20. The molecular weight excluding hydrogens is 370 g/mol. The minimum Gasteiger partial charge on any atom is -0.468 e. The Balaban J connectivity index is 1.65. The van der Waals surface area contributed by atoms with Crippen LogP contribution in [0.1, 0.15) is 41.3 Å². The van der Waals surface area contributed by atoms with Crippen molar-refractivity contribution < 1.29 is 19.5 Å². The molecule has 0 saturated heterocycles. The van der Waals surface area contributed by atoms with E-state index < -0.39 is 12.3 Å². The smallest absolute Gasteiger partial charge is 0.341 e. The fourth-order valence-electron chi connectivity index (χ4n) is 3.51. The van der Waals surface area contributed by atoms with Gasteiger partial charge < -0.3 is 15.4 Å². The third kappa shape index (κ3) is 5.06. The van der Waals surface area contributed by atoms with E-state index in [2.05, 4.69) is 12.1 Å². The second kappa shape index (κ2) is 9.43. The van der Waals surface area contributed by atoms with Crippen LogP contribution < -0.4 is 10.5 Å². The van der Waals surface area contributed by atoms with Gasteiger partial charge in [0.2, 0.25) is 0 Å². The number of nitrogens with zero attached hydrogens (tertiary/aromatic N) is 2. The van der Waals surface area contributed by atoms with Crippen molar-refractivity contribution in [3.05, 3.63) is 65.2 Å². The Morgan fingerprint density at radius 3 is 2.72 bits per heavy atom. The summed E-state index contributed by atoms with van der Waals surface area (Å²) >= 11 is 0. The molecule has 3 N–H and O–H groups in total. The van der Waals surface area contributed by atoms with Crippen LogP contribution in [0.3, 0.4) is 0 Å². The van der Waals surface area contributed by atoms with E-state index in [0.29, 0.717) is 35.9 Å². The van der Waals surface area contributed by atoms with Gasteiger partial charge in [-0.15, -0.1) is 0 Å². The van der Waals surface area contributed by atoms with E-state index in [-0.39, 0.29) is 5.91 Å². The molecule has 7 heteroatoms. The summed E-state index contributed by atoms with van der Waals surface area (Å²) in [4.78, 5) is 26.0. The number of aryl methyl sites for hydroxylation is 1. The van der Waals surface area contributed by atoms with Gasteiger partial charge in [-0.1, -0.05) is 43.3 Å². The highest BCUT2D eigenvalue weighted by molar-refractivity contribution is 5.97. The number of hydrogen-bond acceptors (Lipinski definition) is 4. The van der Waals surface area contributed by atoms with Crippen LogP contribution in [0.25, 0.3) is 0 Å². The van der Waals surface area contributed by atoms with E-state index in [1.165, 1.54) is 5.56 Å². The maximum Gasteiger partial charge on any atom is 0.341 e. The summed E-state index contributed by atoms with van der Waals surface area (Å²) in [5.41, 5.74) is 7.95. The molecule has 1 aliphatic heterocycles. The molecule has 0 fully saturated rings. The first-order valence-corrected chi connectivity index (χ1v) is 9.90.